The summed E-state index contributed by atoms with van der Waals surface area (Å²) in [5.74, 6) is 1.71. The van der Waals surface area contributed by atoms with Crippen LogP contribution in [0.5, 0.6) is 0 Å². The van der Waals surface area contributed by atoms with Gasteiger partial charge in [-0.05, 0) is 26.3 Å². The Hall–Kier alpha value is 0.0700. The Morgan fingerprint density at radius 3 is 2.62 bits per heavy atom. The number of hydrogen-bond acceptors (Lipinski definition) is 3. The van der Waals surface area contributed by atoms with Gasteiger partial charge < -0.3 is 5.73 Å². The topological polar surface area (TPSA) is 46.3 Å². The first-order valence-corrected chi connectivity index (χ1v) is 6.52. The summed E-state index contributed by atoms with van der Waals surface area (Å²) in [5, 5.41) is 0. The summed E-state index contributed by atoms with van der Waals surface area (Å²) >= 11 is 0. The molecule has 1 saturated heterocycles. The van der Waals surface area contributed by atoms with E-state index in [-0.39, 0.29) is 0 Å². The summed E-state index contributed by atoms with van der Waals surface area (Å²) in [6.45, 7) is 5.02. The zero-order valence-corrected chi connectivity index (χ0v) is 9.18. The zero-order valence-electron chi connectivity index (χ0n) is 8.37. The summed E-state index contributed by atoms with van der Waals surface area (Å²) in [7, 11) is -0.550. The maximum atomic E-state index is 11.1. The second-order valence-electron chi connectivity index (χ2n) is 3.66. The molecule has 0 bridgehead atoms. The standard InChI is InChI=1S/C9H20N2OS/c1-9(3-2-4-10)11-5-7-13(12)8-6-11/h9H,2-8,10H2,1H3. The van der Waals surface area contributed by atoms with Crippen LogP contribution >= 0.6 is 0 Å². The first-order chi connectivity index (χ1) is 6.24. The second-order valence-corrected chi connectivity index (χ2v) is 5.36. The number of nitrogens with zero attached hydrogens (tertiary/aromatic N) is 1. The molecule has 1 aliphatic rings. The normalized spacial score (nSPS) is 23.2. The average Bonchev–Trinajstić information content (AvgIpc) is 2.15. The highest BCUT2D eigenvalue weighted by atomic mass is 32.2. The molecule has 0 aromatic rings. The molecular formula is C9H20N2OS. The third-order valence-electron chi connectivity index (χ3n) is 2.66. The van der Waals surface area contributed by atoms with E-state index in [9.17, 15) is 4.21 Å². The van der Waals surface area contributed by atoms with Crippen LogP contribution in [0.15, 0.2) is 0 Å². The third kappa shape index (κ3) is 3.75. The lowest BCUT2D eigenvalue weighted by atomic mass is 10.1. The Morgan fingerprint density at radius 2 is 2.08 bits per heavy atom. The molecule has 3 nitrogen and oxygen atoms in total. The molecule has 78 valence electrons. The maximum Gasteiger partial charge on any atom is 0.0363 e. The largest absolute Gasteiger partial charge is 0.330 e. The van der Waals surface area contributed by atoms with Crippen LogP contribution in [-0.4, -0.2) is 46.3 Å². The van der Waals surface area contributed by atoms with Crippen molar-refractivity contribution < 1.29 is 4.21 Å². The van der Waals surface area contributed by atoms with E-state index in [0.29, 0.717) is 6.04 Å². The molecule has 4 heteroatoms. The van der Waals surface area contributed by atoms with E-state index in [2.05, 4.69) is 11.8 Å². The van der Waals surface area contributed by atoms with Crippen LogP contribution in [0.3, 0.4) is 0 Å². The number of hydrogen-bond donors (Lipinski definition) is 1. The highest BCUT2D eigenvalue weighted by Gasteiger charge is 2.19. The van der Waals surface area contributed by atoms with Crippen molar-refractivity contribution in [2.75, 3.05) is 31.1 Å². The van der Waals surface area contributed by atoms with Gasteiger partial charge in [0.05, 0.1) is 0 Å². The van der Waals surface area contributed by atoms with E-state index in [1.807, 2.05) is 0 Å². The quantitative estimate of drug-likeness (QED) is 0.710. The molecule has 0 aromatic carbocycles. The molecule has 0 radical (unpaired) electrons. The predicted octanol–water partition coefficient (Wildman–Crippen LogP) is 0.178. The first-order valence-electron chi connectivity index (χ1n) is 5.03. The Bertz CT molecular complexity index is 165. The van der Waals surface area contributed by atoms with Crippen LogP contribution in [0.25, 0.3) is 0 Å². The van der Waals surface area contributed by atoms with Crippen molar-refractivity contribution in [2.24, 2.45) is 5.73 Å². The fourth-order valence-electron chi connectivity index (χ4n) is 1.69. The van der Waals surface area contributed by atoms with Crippen molar-refractivity contribution in [3.63, 3.8) is 0 Å². The van der Waals surface area contributed by atoms with Crippen molar-refractivity contribution in [2.45, 2.75) is 25.8 Å². The molecule has 1 aliphatic heterocycles. The zero-order chi connectivity index (χ0) is 9.68. The Kier molecular flexibility index (Phi) is 4.91. The van der Waals surface area contributed by atoms with Crippen LogP contribution in [0.2, 0.25) is 0 Å². The van der Waals surface area contributed by atoms with Crippen molar-refractivity contribution in [1.29, 1.82) is 0 Å². The molecule has 1 unspecified atom stereocenters. The average molecular weight is 204 g/mol. The molecule has 0 aliphatic carbocycles. The third-order valence-corrected chi connectivity index (χ3v) is 3.94. The smallest absolute Gasteiger partial charge is 0.0363 e. The summed E-state index contributed by atoms with van der Waals surface area (Å²) in [5.41, 5.74) is 5.46. The van der Waals surface area contributed by atoms with Crippen molar-refractivity contribution in [3.05, 3.63) is 0 Å². The van der Waals surface area contributed by atoms with Gasteiger partial charge in [-0.15, -0.1) is 0 Å². The first kappa shape index (κ1) is 11.1. The van der Waals surface area contributed by atoms with Gasteiger partial charge in [0.15, 0.2) is 0 Å². The summed E-state index contributed by atoms with van der Waals surface area (Å²) in [6, 6.07) is 0.612. The van der Waals surface area contributed by atoms with Gasteiger partial charge in [0.2, 0.25) is 0 Å². The Morgan fingerprint density at radius 1 is 1.46 bits per heavy atom. The molecule has 1 fully saturated rings. The predicted molar refractivity (Wildman–Crippen MR) is 57.2 cm³/mol. The van der Waals surface area contributed by atoms with Crippen LogP contribution in [0.1, 0.15) is 19.8 Å². The van der Waals surface area contributed by atoms with Crippen LogP contribution in [0, 0.1) is 0 Å². The fraction of sp³-hybridized carbons (Fsp3) is 1.00. The van der Waals surface area contributed by atoms with Crippen molar-refractivity contribution in [3.8, 4) is 0 Å². The van der Waals surface area contributed by atoms with Gasteiger partial charge in [0, 0.05) is 41.4 Å². The minimum absolute atomic E-state index is 0.550. The lowest BCUT2D eigenvalue weighted by Crippen LogP contribution is -2.43. The molecule has 1 heterocycles. The molecule has 1 atom stereocenters. The van der Waals surface area contributed by atoms with Crippen LogP contribution in [0.4, 0.5) is 0 Å². The van der Waals surface area contributed by atoms with Gasteiger partial charge in [-0.25, -0.2) is 0 Å². The fourth-order valence-corrected chi connectivity index (χ4v) is 2.77. The minimum Gasteiger partial charge on any atom is -0.330 e. The Balaban J connectivity index is 2.23. The summed E-state index contributed by atoms with van der Waals surface area (Å²) in [4.78, 5) is 2.43. The van der Waals surface area contributed by atoms with Gasteiger partial charge >= 0.3 is 0 Å². The van der Waals surface area contributed by atoms with Gasteiger partial charge in [-0.3, -0.25) is 9.11 Å². The monoisotopic (exact) mass is 204 g/mol. The van der Waals surface area contributed by atoms with Crippen molar-refractivity contribution >= 4 is 10.8 Å². The molecular weight excluding hydrogens is 184 g/mol. The molecule has 0 saturated carbocycles. The van der Waals surface area contributed by atoms with Gasteiger partial charge in [0.25, 0.3) is 0 Å². The molecule has 0 aromatic heterocycles. The van der Waals surface area contributed by atoms with Crippen LogP contribution < -0.4 is 5.73 Å². The van der Waals surface area contributed by atoms with E-state index < -0.39 is 10.8 Å². The molecule has 2 N–H and O–H groups in total. The summed E-state index contributed by atoms with van der Waals surface area (Å²) < 4.78 is 11.1. The van der Waals surface area contributed by atoms with E-state index in [0.717, 1.165) is 37.6 Å². The molecule has 1 rings (SSSR count). The highest BCUT2D eigenvalue weighted by molar-refractivity contribution is 7.85. The summed E-state index contributed by atoms with van der Waals surface area (Å²) in [6.07, 6.45) is 2.27. The Labute approximate surface area is 83.1 Å². The van der Waals surface area contributed by atoms with E-state index >= 15 is 0 Å². The lowest BCUT2D eigenvalue weighted by Gasteiger charge is -2.31. The van der Waals surface area contributed by atoms with E-state index in [4.69, 9.17) is 5.73 Å². The van der Waals surface area contributed by atoms with Gasteiger partial charge in [0.1, 0.15) is 0 Å². The second kappa shape index (κ2) is 5.73. The number of rotatable bonds is 4. The lowest BCUT2D eigenvalue weighted by molar-refractivity contribution is 0.216. The van der Waals surface area contributed by atoms with Gasteiger partial charge in [-0.2, -0.15) is 0 Å². The number of nitrogens with two attached hydrogens (primary N) is 1. The van der Waals surface area contributed by atoms with E-state index in [1.54, 1.807) is 0 Å². The van der Waals surface area contributed by atoms with Crippen LogP contribution in [-0.2, 0) is 10.8 Å². The van der Waals surface area contributed by atoms with Gasteiger partial charge in [-0.1, -0.05) is 0 Å². The maximum absolute atomic E-state index is 11.1. The highest BCUT2D eigenvalue weighted by Crippen LogP contribution is 2.09. The minimum atomic E-state index is -0.550. The molecule has 13 heavy (non-hydrogen) atoms. The molecule has 0 spiro atoms. The van der Waals surface area contributed by atoms with E-state index in [1.165, 1.54) is 6.42 Å². The SMILES string of the molecule is CC(CCCN)N1CCS(=O)CC1. The van der Waals surface area contributed by atoms with Crippen molar-refractivity contribution in [1.82, 2.24) is 4.90 Å². The molecule has 0 amide bonds.